The molecule has 0 spiro atoms. The molecule has 114 valence electrons. The zero-order chi connectivity index (χ0) is 15.2. The average Bonchev–Trinajstić information content (AvgIpc) is 3.05. The van der Waals surface area contributed by atoms with E-state index in [0.29, 0.717) is 29.5 Å². The highest BCUT2D eigenvalue weighted by molar-refractivity contribution is 7.07. The molecule has 2 aromatic rings. The molecule has 0 aliphatic heterocycles. The van der Waals surface area contributed by atoms with Gasteiger partial charge in [0.2, 0.25) is 5.75 Å². The molecule has 0 aliphatic carbocycles. The van der Waals surface area contributed by atoms with E-state index in [1.807, 2.05) is 16.8 Å². The van der Waals surface area contributed by atoms with Crippen molar-refractivity contribution in [2.45, 2.75) is 6.10 Å². The number of thiophene rings is 1. The Kier molecular flexibility index (Phi) is 5.30. The molecule has 0 radical (unpaired) electrons. The maximum atomic E-state index is 5.96. The zero-order valence-corrected chi connectivity index (χ0v) is 13.1. The lowest BCUT2D eigenvalue weighted by Gasteiger charge is -2.19. The Balaban J connectivity index is 2.31. The molecule has 1 atom stereocenters. The Bertz CT molecular complexity index is 546. The fraction of sp³-hybridized carbons (Fsp3) is 0.333. The summed E-state index contributed by atoms with van der Waals surface area (Å²) in [6, 6.07) is 5.52. The minimum Gasteiger partial charge on any atom is -0.493 e. The number of hydrogen-bond donors (Lipinski definition) is 1. The SMILES string of the molecule is COc1cc(OC(CN)c2ccsc2)cc(OC)c1OC. The summed E-state index contributed by atoms with van der Waals surface area (Å²) < 4.78 is 21.9. The van der Waals surface area contributed by atoms with Gasteiger partial charge in [0.15, 0.2) is 11.5 Å². The number of rotatable bonds is 7. The highest BCUT2D eigenvalue weighted by Crippen LogP contribution is 2.41. The summed E-state index contributed by atoms with van der Waals surface area (Å²) in [7, 11) is 4.70. The van der Waals surface area contributed by atoms with Crippen molar-refractivity contribution in [3.8, 4) is 23.0 Å². The van der Waals surface area contributed by atoms with Crippen molar-refractivity contribution < 1.29 is 18.9 Å². The second-order valence-corrected chi connectivity index (χ2v) is 5.04. The highest BCUT2D eigenvalue weighted by atomic mass is 32.1. The number of ether oxygens (including phenoxy) is 4. The first-order valence-electron chi connectivity index (χ1n) is 6.42. The fourth-order valence-corrected chi connectivity index (χ4v) is 2.70. The van der Waals surface area contributed by atoms with E-state index in [-0.39, 0.29) is 6.10 Å². The summed E-state index contributed by atoms with van der Waals surface area (Å²) >= 11 is 1.61. The monoisotopic (exact) mass is 309 g/mol. The first-order valence-corrected chi connectivity index (χ1v) is 7.36. The number of benzene rings is 1. The van der Waals surface area contributed by atoms with Crippen molar-refractivity contribution in [2.24, 2.45) is 5.73 Å². The summed E-state index contributed by atoms with van der Waals surface area (Å²) in [6.07, 6.45) is -0.209. The highest BCUT2D eigenvalue weighted by Gasteiger charge is 2.17. The Morgan fingerprint density at radius 1 is 1.10 bits per heavy atom. The van der Waals surface area contributed by atoms with Crippen molar-refractivity contribution in [1.82, 2.24) is 0 Å². The first-order chi connectivity index (χ1) is 10.2. The minimum absolute atomic E-state index is 0.209. The second-order valence-electron chi connectivity index (χ2n) is 4.26. The van der Waals surface area contributed by atoms with Crippen molar-refractivity contribution >= 4 is 11.3 Å². The quantitative estimate of drug-likeness (QED) is 0.852. The summed E-state index contributed by atoms with van der Waals surface area (Å²) in [5.41, 5.74) is 6.85. The average molecular weight is 309 g/mol. The Labute approximate surface area is 128 Å². The molecule has 5 nitrogen and oxygen atoms in total. The van der Waals surface area contributed by atoms with Crippen LogP contribution in [0.5, 0.6) is 23.0 Å². The van der Waals surface area contributed by atoms with Gasteiger partial charge in [-0.05, 0) is 16.8 Å². The Morgan fingerprint density at radius 2 is 1.76 bits per heavy atom. The van der Waals surface area contributed by atoms with Gasteiger partial charge in [0.25, 0.3) is 0 Å². The lowest BCUT2D eigenvalue weighted by Crippen LogP contribution is -2.17. The molecule has 1 aromatic carbocycles. The zero-order valence-electron chi connectivity index (χ0n) is 12.3. The lowest BCUT2D eigenvalue weighted by molar-refractivity contribution is 0.211. The van der Waals surface area contributed by atoms with Crippen LogP contribution in [0.4, 0.5) is 0 Å². The summed E-state index contributed by atoms with van der Waals surface area (Å²) in [4.78, 5) is 0. The normalized spacial score (nSPS) is 11.8. The molecule has 0 fully saturated rings. The molecule has 1 heterocycles. The Morgan fingerprint density at radius 3 is 2.19 bits per heavy atom. The van der Waals surface area contributed by atoms with Crippen LogP contribution in [-0.4, -0.2) is 27.9 Å². The predicted octanol–water partition coefficient (Wildman–Crippen LogP) is 2.85. The molecule has 0 saturated carbocycles. The molecular formula is C15H19NO4S. The van der Waals surface area contributed by atoms with E-state index in [2.05, 4.69) is 0 Å². The third-order valence-electron chi connectivity index (χ3n) is 3.05. The smallest absolute Gasteiger partial charge is 0.203 e. The van der Waals surface area contributed by atoms with Crippen LogP contribution in [-0.2, 0) is 0 Å². The van der Waals surface area contributed by atoms with Crippen LogP contribution in [0.25, 0.3) is 0 Å². The number of nitrogens with two attached hydrogens (primary N) is 1. The van der Waals surface area contributed by atoms with Crippen LogP contribution >= 0.6 is 11.3 Å². The Hall–Kier alpha value is -1.92. The van der Waals surface area contributed by atoms with E-state index < -0.39 is 0 Å². The summed E-state index contributed by atoms with van der Waals surface area (Å²) in [6.45, 7) is 0.382. The van der Waals surface area contributed by atoms with E-state index in [1.54, 1.807) is 44.8 Å². The van der Waals surface area contributed by atoms with Gasteiger partial charge in [-0.3, -0.25) is 0 Å². The van der Waals surface area contributed by atoms with Crippen LogP contribution in [0.2, 0.25) is 0 Å². The molecule has 2 N–H and O–H groups in total. The van der Waals surface area contributed by atoms with Crippen LogP contribution in [0.15, 0.2) is 29.0 Å². The van der Waals surface area contributed by atoms with Gasteiger partial charge in [-0.25, -0.2) is 0 Å². The van der Waals surface area contributed by atoms with Gasteiger partial charge >= 0.3 is 0 Å². The first kappa shape index (κ1) is 15.5. The van der Waals surface area contributed by atoms with Crippen LogP contribution in [0.1, 0.15) is 11.7 Å². The largest absolute Gasteiger partial charge is 0.493 e. The summed E-state index contributed by atoms with van der Waals surface area (Å²) in [5.74, 6) is 2.25. The standard InChI is InChI=1S/C15H19NO4S/c1-17-12-6-11(7-13(18-2)15(12)19-3)20-14(8-16)10-4-5-21-9-10/h4-7,9,14H,8,16H2,1-3H3. The minimum atomic E-state index is -0.209. The molecule has 21 heavy (non-hydrogen) atoms. The van der Waals surface area contributed by atoms with Crippen LogP contribution in [0, 0.1) is 0 Å². The number of hydrogen-bond acceptors (Lipinski definition) is 6. The molecule has 0 saturated heterocycles. The van der Waals surface area contributed by atoms with E-state index in [1.165, 1.54) is 0 Å². The lowest BCUT2D eigenvalue weighted by atomic mass is 10.2. The third kappa shape index (κ3) is 3.40. The fourth-order valence-electron chi connectivity index (χ4n) is 2.00. The molecule has 6 heteroatoms. The molecule has 0 amide bonds. The maximum absolute atomic E-state index is 5.96. The van der Waals surface area contributed by atoms with Crippen LogP contribution in [0.3, 0.4) is 0 Å². The van der Waals surface area contributed by atoms with Crippen LogP contribution < -0.4 is 24.7 Å². The van der Waals surface area contributed by atoms with Gasteiger partial charge in [0.05, 0.1) is 21.3 Å². The van der Waals surface area contributed by atoms with E-state index in [0.717, 1.165) is 5.56 Å². The second kappa shape index (κ2) is 7.19. The molecule has 0 bridgehead atoms. The number of methoxy groups -OCH3 is 3. The summed E-state index contributed by atoms with van der Waals surface area (Å²) in [5, 5.41) is 4.02. The van der Waals surface area contributed by atoms with Gasteiger partial charge in [-0.1, -0.05) is 0 Å². The van der Waals surface area contributed by atoms with Gasteiger partial charge in [0, 0.05) is 24.2 Å². The molecular weight excluding hydrogens is 290 g/mol. The van der Waals surface area contributed by atoms with Crippen molar-refractivity contribution in [3.05, 3.63) is 34.5 Å². The predicted molar refractivity (Wildman–Crippen MR) is 82.8 cm³/mol. The van der Waals surface area contributed by atoms with Gasteiger partial charge in [0.1, 0.15) is 11.9 Å². The van der Waals surface area contributed by atoms with E-state index in [9.17, 15) is 0 Å². The van der Waals surface area contributed by atoms with E-state index >= 15 is 0 Å². The van der Waals surface area contributed by atoms with E-state index in [4.69, 9.17) is 24.7 Å². The molecule has 2 rings (SSSR count). The molecule has 0 aliphatic rings. The van der Waals surface area contributed by atoms with Crippen molar-refractivity contribution in [1.29, 1.82) is 0 Å². The van der Waals surface area contributed by atoms with Gasteiger partial charge in [-0.15, -0.1) is 0 Å². The van der Waals surface area contributed by atoms with Crippen molar-refractivity contribution in [3.63, 3.8) is 0 Å². The molecule has 1 aromatic heterocycles. The van der Waals surface area contributed by atoms with Crippen molar-refractivity contribution in [2.75, 3.05) is 27.9 Å². The third-order valence-corrected chi connectivity index (χ3v) is 3.75. The van der Waals surface area contributed by atoms with Gasteiger partial charge < -0.3 is 24.7 Å². The topological polar surface area (TPSA) is 62.9 Å². The molecule has 1 unspecified atom stereocenters. The maximum Gasteiger partial charge on any atom is 0.203 e. The van der Waals surface area contributed by atoms with Gasteiger partial charge in [-0.2, -0.15) is 11.3 Å².